The van der Waals surface area contributed by atoms with Crippen LogP contribution in [0.15, 0.2) is 54.9 Å². The van der Waals surface area contributed by atoms with E-state index in [4.69, 9.17) is 5.11 Å². The Morgan fingerprint density at radius 1 is 1.33 bits per heavy atom. The van der Waals surface area contributed by atoms with Crippen LogP contribution in [-0.4, -0.2) is 23.3 Å². The molecule has 2 rings (SSSR count). The Morgan fingerprint density at radius 3 is 2.50 bits per heavy atom. The molecule has 18 heavy (non-hydrogen) atoms. The quantitative estimate of drug-likeness (QED) is 0.843. The first-order chi connectivity index (χ1) is 8.74. The maximum Gasteiger partial charge on any atom is 0.445 e. The van der Waals surface area contributed by atoms with Gasteiger partial charge < -0.3 is 15.3 Å². The van der Waals surface area contributed by atoms with Gasteiger partial charge in [-0.25, -0.2) is 4.79 Å². The molecular weight excluding hydrogens is 232 g/mol. The van der Waals surface area contributed by atoms with Crippen LogP contribution in [-0.2, 0) is 11.4 Å². The van der Waals surface area contributed by atoms with E-state index in [0.29, 0.717) is 5.06 Å². The highest BCUT2D eigenvalue weighted by atomic mass is 16.7. The van der Waals surface area contributed by atoms with Gasteiger partial charge in [-0.1, -0.05) is 30.3 Å². The van der Waals surface area contributed by atoms with Gasteiger partial charge in [0.2, 0.25) is 0 Å². The molecule has 5 nitrogen and oxygen atoms in total. The summed E-state index contributed by atoms with van der Waals surface area (Å²) >= 11 is 0. The maximum atomic E-state index is 10.1. The predicted molar refractivity (Wildman–Crippen MR) is 68.4 cm³/mol. The van der Waals surface area contributed by atoms with E-state index < -0.39 is 6.09 Å². The summed E-state index contributed by atoms with van der Waals surface area (Å²) in [4.78, 5) is 14.6. The van der Waals surface area contributed by atoms with Gasteiger partial charge in [-0.05, 0) is 24.8 Å². The molecule has 0 spiro atoms. The van der Waals surface area contributed by atoms with Gasteiger partial charge in [-0.3, -0.25) is 0 Å². The van der Waals surface area contributed by atoms with Crippen molar-refractivity contribution < 1.29 is 14.7 Å². The molecule has 0 fully saturated rings. The Balaban J connectivity index is 0.000000180. The molecule has 1 aromatic carbocycles. The number of carbonyl (C=O) groups is 1. The van der Waals surface area contributed by atoms with Crippen molar-refractivity contribution in [2.45, 2.75) is 6.54 Å². The molecule has 0 aliphatic carbocycles. The molecule has 1 aliphatic rings. The van der Waals surface area contributed by atoms with Crippen LogP contribution in [0.5, 0.6) is 0 Å². The third kappa shape index (κ3) is 5.18. The largest absolute Gasteiger partial charge is 0.463 e. The van der Waals surface area contributed by atoms with E-state index in [-0.39, 0.29) is 0 Å². The van der Waals surface area contributed by atoms with Gasteiger partial charge in [-0.2, -0.15) is 0 Å². The van der Waals surface area contributed by atoms with E-state index in [0.717, 1.165) is 6.54 Å². The molecule has 0 atom stereocenters. The number of amides is 1. The van der Waals surface area contributed by atoms with Gasteiger partial charge in [0.1, 0.15) is 6.26 Å². The lowest BCUT2D eigenvalue weighted by Gasteiger charge is -2.12. The van der Waals surface area contributed by atoms with Crippen molar-refractivity contribution >= 4 is 6.09 Å². The zero-order chi connectivity index (χ0) is 13.2. The highest BCUT2D eigenvalue weighted by Crippen LogP contribution is 1.99. The molecule has 0 bridgehead atoms. The summed E-state index contributed by atoms with van der Waals surface area (Å²) in [7, 11) is 1.95. The van der Waals surface area contributed by atoms with E-state index in [1.165, 1.54) is 18.0 Å². The first-order valence-corrected chi connectivity index (χ1v) is 5.45. The highest BCUT2D eigenvalue weighted by Gasteiger charge is 2.07. The standard InChI is InChI=1S/C8H11N.C5H5NO3/c1-9-7-8-5-3-2-4-6-8;7-5(8)6-3-1-2-4-9-6/h2-6,9H,7H2,1H3;1-4H,(H,7,8). The van der Waals surface area contributed by atoms with Crippen LogP contribution in [0.1, 0.15) is 5.56 Å². The Morgan fingerprint density at radius 2 is 2.06 bits per heavy atom. The lowest BCUT2D eigenvalue weighted by Crippen LogP contribution is -2.22. The minimum atomic E-state index is -1.13. The number of allylic oxidation sites excluding steroid dienone is 2. The summed E-state index contributed by atoms with van der Waals surface area (Å²) in [6, 6.07) is 10.3. The van der Waals surface area contributed by atoms with Gasteiger partial charge in [0.15, 0.2) is 0 Å². The Hall–Kier alpha value is -2.27. The fourth-order valence-corrected chi connectivity index (χ4v) is 1.22. The average molecular weight is 248 g/mol. The fraction of sp³-hybridized carbons (Fsp3) is 0.154. The molecule has 0 unspecified atom stereocenters. The summed E-state index contributed by atoms with van der Waals surface area (Å²) in [6.07, 6.45) is 4.63. The van der Waals surface area contributed by atoms with E-state index >= 15 is 0 Å². The van der Waals surface area contributed by atoms with Crippen LogP contribution in [0.3, 0.4) is 0 Å². The van der Waals surface area contributed by atoms with E-state index in [9.17, 15) is 4.79 Å². The topological polar surface area (TPSA) is 61.8 Å². The summed E-state index contributed by atoms with van der Waals surface area (Å²) < 4.78 is 0. The molecule has 1 aromatic rings. The zero-order valence-corrected chi connectivity index (χ0v) is 10.1. The Kier molecular flexibility index (Phi) is 6.07. The molecule has 5 heteroatoms. The molecule has 2 N–H and O–H groups in total. The lowest BCUT2D eigenvalue weighted by molar-refractivity contribution is -0.0378. The number of benzene rings is 1. The third-order valence-corrected chi connectivity index (χ3v) is 2.00. The van der Waals surface area contributed by atoms with Gasteiger partial charge in [0.05, 0.1) is 6.20 Å². The minimum absolute atomic E-state index is 0.708. The smallest absolute Gasteiger partial charge is 0.445 e. The van der Waals surface area contributed by atoms with Crippen molar-refractivity contribution in [3.05, 3.63) is 60.5 Å². The van der Waals surface area contributed by atoms with Crippen LogP contribution in [0.25, 0.3) is 0 Å². The van der Waals surface area contributed by atoms with Crippen molar-refractivity contribution in [3.63, 3.8) is 0 Å². The lowest BCUT2D eigenvalue weighted by atomic mass is 10.2. The van der Waals surface area contributed by atoms with Crippen molar-refractivity contribution in [1.82, 2.24) is 10.4 Å². The number of rotatable bonds is 2. The number of nitrogens with zero attached hydrogens (tertiary/aromatic N) is 1. The molecule has 1 amide bonds. The summed E-state index contributed by atoms with van der Waals surface area (Å²) in [5.41, 5.74) is 1.33. The van der Waals surface area contributed by atoms with Gasteiger partial charge in [0.25, 0.3) is 0 Å². The predicted octanol–water partition coefficient (Wildman–Crippen LogP) is 2.35. The van der Waals surface area contributed by atoms with Crippen molar-refractivity contribution in [2.24, 2.45) is 0 Å². The number of nitrogens with one attached hydrogen (secondary N) is 1. The van der Waals surface area contributed by atoms with Crippen LogP contribution >= 0.6 is 0 Å². The molecule has 0 saturated carbocycles. The van der Waals surface area contributed by atoms with Crippen molar-refractivity contribution in [2.75, 3.05) is 7.05 Å². The molecule has 1 heterocycles. The first kappa shape index (κ1) is 13.8. The van der Waals surface area contributed by atoms with Crippen LogP contribution in [0.2, 0.25) is 0 Å². The highest BCUT2D eigenvalue weighted by molar-refractivity contribution is 5.65. The summed E-state index contributed by atoms with van der Waals surface area (Å²) in [5.74, 6) is 0. The SMILES string of the molecule is CNCc1ccccc1.O=C(O)N1C=CC=CO1. The number of hydrogen-bond donors (Lipinski definition) is 2. The van der Waals surface area contributed by atoms with E-state index in [1.807, 2.05) is 25.2 Å². The molecule has 0 radical (unpaired) electrons. The molecule has 0 aromatic heterocycles. The van der Waals surface area contributed by atoms with Gasteiger partial charge in [0, 0.05) is 6.54 Å². The molecular formula is C13H16N2O3. The average Bonchev–Trinajstić information content (AvgIpc) is 2.42. The first-order valence-electron chi connectivity index (χ1n) is 5.45. The van der Waals surface area contributed by atoms with Gasteiger partial charge in [-0.15, -0.1) is 5.06 Å². The summed E-state index contributed by atoms with van der Waals surface area (Å²) in [6.45, 7) is 0.959. The van der Waals surface area contributed by atoms with Crippen LogP contribution < -0.4 is 5.32 Å². The van der Waals surface area contributed by atoms with E-state index in [2.05, 4.69) is 22.3 Å². The number of hydroxylamine groups is 2. The molecule has 96 valence electrons. The minimum Gasteiger partial charge on any atom is -0.463 e. The zero-order valence-electron chi connectivity index (χ0n) is 10.1. The second kappa shape index (κ2) is 7.92. The fourth-order valence-electron chi connectivity index (χ4n) is 1.22. The molecule has 0 saturated heterocycles. The maximum absolute atomic E-state index is 10.1. The molecule has 1 aliphatic heterocycles. The Labute approximate surface area is 106 Å². The van der Waals surface area contributed by atoms with Gasteiger partial charge >= 0.3 is 6.09 Å². The van der Waals surface area contributed by atoms with Crippen molar-refractivity contribution in [1.29, 1.82) is 0 Å². The van der Waals surface area contributed by atoms with Crippen LogP contribution in [0, 0.1) is 0 Å². The number of carboxylic acid groups (broad SMARTS) is 1. The van der Waals surface area contributed by atoms with Crippen LogP contribution in [0.4, 0.5) is 4.79 Å². The van der Waals surface area contributed by atoms with E-state index in [1.54, 1.807) is 12.2 Å². The second-order valence-corrected chi connectivity index (χ2v) is 3.40. The number of hydrogen-bond acceptors (Lipinski definition) is 3. The summed E-state index contributed by atoms with van der Waals surface area (Å²) in [5, 5.41) is 12.0. The normalized spacial score (nSPS) is 12.4. The Bertz CT molecular complexity index is 416. The van der Waals surface area contributed by atoms with Crippen molar-refractivity contribution in [3.8, 4) is 0 Å². The monoisotopic (exact) mass is 248 g/mol. The third-order valence-electron chi connectivity index (χ3n) is 2.00. The second-order valence-electron chi connectivity index (χ2n) is 3.40.